The minimum absolute atomic E-state index is 0.0887. The van der Waals surface area contributed by atoms with Gasteiger partial charge in [0.25, 0.3) is 0 Å². The Bertz CT molecular complexity index is 2050. The Morgan fingerprint density at radius 1 is 0.286 bits per heavy atom. The predicted octanol–water partition coefficient (Wildman–Crippen LogP) is 22.9. The molecule has 0 aromatic heterocycles. The van der Waals surface area contributed by atoms with E-state index in [1.54, 1.807) is 0 Å². The molecule has 0 aromatic rings. The average molecular weight is 1430 g/mol. The van der Waals surface area contributed by atoms with Gasteiger partial charge in [0.05, 0.1) is 26.4 Å². The topological polar surface area (TPSA) is 237 Å². The smallest absolute Gasteiger partial charge is 0.462 e. The highest BCUT2D eigenvalue weighted by Gasteiger charge is 2.30. The van der Waals surface area contributed by atoms with E-state index in [0.717, 1.165) is 148 Å². The van der Waals surface area contributed by atoms with Crippen LogP contribution in [0.4, 0.5) is 0 Å². The monoisotopic (exact) mass is 1430 g/mol. The molecule has 0 heterocycles. The van der Waals surface area contributed by atoms with Gasteiger partial charge in [0.2, 0.25) is 0 Å². The number of aliphatic hydroxyl groups excluding tert-OH is 1. The van der Waals surface area contributed by atoms with Crippen molar-refractivity contribution in [1.82, 2.24) is 0 Å². The van der Waals surface area contributed by atoms with Crippen LogP contribution in [0.15, 0.2) is 48.6 Å². The number of rotatable bonds is 76. The third-order valence-electron chi connectivity index (χ3n) is 17.3. The van der Waals surface area contributed by atoms with E-state index in [2.05, 4.69) is 76.3 Å². The fourth-order valence-corrected chi connectivity index (χ4v) is 12.7. The van der Waals surface area contributed by atoms with Gasteiger partial charge in [0.1, 0.15) is 19.3 Å². The molecule has 98 heavy (non-hydrogen) atoms. The summed E-state index contributed by atoms with van der Waals surface area (Å²) in [7, 11) is -9.94. The van der Waals surface area contributed by atoms with Gasteiger partial charge < -0.3 is 33.8 Å². The lowest BCUT2D eigenvalue weighted by Crippen LogP contribution is -2.30. The summed E-state index contributed by atoms with van der Waals surface area (Å²) < 4.78 is 68.6. The van der Waals surface area contributed by atoms with Crippen molar-refractivity contribution in [2.45, 2.75) is 393 Å². The predicted molar refractivity (Wildman–Crippen MR) is 400 cm³/mol. The van der Waals surface area contributed by atoms with Crippen molar-refractivity contribution in [2.75, 3.05) is 39.6 Å². The van der Waals surface area contributed by atoms with Gasteiger partial charge >= 0.3 is 39.5 Å². The Morgan fingerprint density at radius 3 is 0.786 bits per heavy atom. The van der Waals surface area contributed by atoms with Crippen molar-refractivity contribution < 1.29 is 80.2 Å². The quantitative estimate of drug-likeness (QED) is 0.0169. The molecule has 0 fully saturated rings. The Balaban J connectivity index is 5.33. The maximum Gasteiger partial charge on any atom is 0.472 e. The largest absolute Gasteiger partial charge is 0.472 e. The number of phosphoric ester groups is 2. The summed E-state index contributed by atoms with van der Waals surface area (Å²) in [5.74, 6) is -2.17. The van der Waals surface area contributed by atoms with Gasteiger partial charge in [-0.05, 0) is 109 Å². The van der Waals surface area contributed by atoms with Gasteiger partial charge in [-0.15, -0.1) is 0 Å². The van der Waals surface area contributed by atoms with Crippen molar-refractivity contribution in [3.8, 4) is 0 Å². The van der Waals surface area contributed by atoms with Crippen LogP contribution in [0.2, 0.25) is 0 Å². The first-order valence-corrected chi connectivity index (χ1v) is 42.9. The molecule has 0 aromatic carbocycles. The molecule has 0 saturated heterocycles. The van der Waals surface area contributed by atoms with Crippen LogP contribution in [0.25, 0.3) is 0 Å². The minimum atomic E-state index is -4.97. The van der Waals surface area contributed by atoms with Crippen LogP contribution in [0.1, 0.15) is 374 Å². The molecule has 17 nitrogen and oxygen atoms in total. The SMILES string of the molecule is CCCCC/C=C\C/C=C\CCCCCCCC(=O)OC[C@H](COP(=O)(O)OC[C@H](O)COP(=O)(O)OC[C@@H](COC(=O)CCCCCCC/C=C\CCCCCCCC)OC(=O)CCCCCCC/C=C\CCCCCCCC)OC(=O)CCCCCCCCCCCCCCC. The second-order valence-electron chi connectivity index (χ2n) is 27.0. The Kier molecular flexibility index (Phi) is 70.2. The maximum atomic E-state index is 13.1. The van der Waals surface area contributed by atoms with E-state index in [1.807, 2.05) is 0 Å². The Labute approximate surface area is 597 Å². The molecular formula is C79H146O17P2. The molecule has 0 aliphatic rings. The van der Waals surface area contributed by atoms with Gasteiger partial charge in [-0.25, -0.2) is 9.13 Å². The van der Waals surface area contributed by atoms with E-state index in [1.165, 1.54) is 148 Å². The van der Waals surface area contributed by atoms with Crippen molar-refractivity contribution in [3.05, 3.63) is 48.6 Å². The first-order valence-electron chi connectivity index (χ1n) is 39.9. The standard InChI is InChI=1S/C79H146O17P2/c1-5-9-13-17-21-25-29-33-36-40-43-47-51-55-59-63-76(81)89-69-74(95-78(83)65-61-57-53-49-45-39-32-28-24-20-16-12-8-4)71-93-97(85,86)91-67-73(80)68-92-98(87,88)94-72-75(96-79(84)66-62-58-54-50-46-42-38-35-31-27-23-19-15-11-7-3)70-90-77(82)64-60-56-52-48-44-41-37-34-30-26-22-18-14-10-6-2/h21,25,33-38,73-75,80H,5-20,22-24,26-32,39-72H2,1-4H3,(H,85,86)(H,87,88)/b25-21-,36-33-,37-34-,38-35-/t73-,74+,75+/m0/s1. The summed E-state index contributed by atoms with van der Waals surface area (Å²) in [6, 6.07) is 0. The minimum Gasteiger partial charge on any atom is -0.462 e. The summed E-state index contributed by atoms with van der Waals surface area (Å²) in [6.45, 7) is 4.88. The molecule has 5 atom stereocenters. The molecule has 0 radical (unpaired) electrons. The third kappa shape index (κ3) is 71.4. The average Bonchev–Trinajstić information content (AvgIpc) is 0.959. The lowest BCUT2D eigenvalue weighted by Gasteiger charge is -2.21. The number of hydrogen-bond donors (Lipinski definition) is 3. The van der Waals surface area contributed by atoms with Crippen LogP contribution >= 0.6 is 15.6 Å². The third-order valence-corrected chi connectivity index (χ3v) is 19.2. The molecule has 3 N–H and O–H groups in total. The van der Waals surface area contributed by atoms with E-state index in [4.69, 9.17) is 37.0 Å². The molecule has 2 unspecified atom stereocenters. The van der Waals surface area contributed by atoms with Crippen LogP contribution in [0.3, 0.4) is 0 Å². The van der Waals surface area contributed by atoms with Crippen LogP contribution < -0.4 is 0 Å². The van der Waals surface area contributed by atoms with Crippen molar-refractivity contribution in [1.29, 1.82) is 0 Å². The zero-order valence-corrected chi connectivity index (χ0v) is 64.5. The number of esters is 4. The molecule has 0 aliphatic heterocycles. The fourth-order valence-electron chi connectivity index (χ4n) is 11.1. The van der Waals surface area contributed by atoms with Gasteiger partial charge in [0, 0.05) is 25.7 Å². The fraction of sp³-hybridized carbons (Fsp3) is 0.848. The number of allylic oxidation sites excluding steroid dienone is 8. The highest BCUT2D eigenvalue weighted by molar-refractivity contribution is 7.47. The highest BCUT2D eigenvalue weighted by atomic mass is 31.2. The molecule has 0 bridgehead atoms. The normalized spacial score (nSPS) is 14.2. The number of unbranched alkanes of at least 4 members (excludes halogenated alkanes) is 42. The van der Waals surface area contributed by atoms with Gasteiger partial charge in [-0.2, -0.15) is 0 Å². The van der Waals surface area contributed by atoms with Gasteiger partial charge in [-0.1, -0.05) is 288 Å². The first-order chi connectivity index (χ1) is 47.7. The molecule has 19 heteroatoms. The highest BCUT2D eigenvalue weighted by Crippen LogP contribution is 2.45. The van der Waals surface area contributed by atoms with E-state index >= 15 is 0 Å². The zero-order valence-electron chi connectivity index (χ0n) is 62.7. The van der Waals surface area contributed by atoms with E-state index in [-0.39, 0.29) is 25.7 Å². The summed E-state index contributed by atoms with van der Waals surface area (Å²) >= 11 is 0. The van der Waals surface area contributed by atoms with Crippen LogP contribution in [-0.2, 0) is 65.4 Å². The number of hydrogen-bond acceptors (Lipinski definition) is 15. The van der Waals surface area contributed by atoms with Crippen LogP contribution in [-0.4, -0.2) is 96.7 Å². The summed E-state index contributed by atoms with van der Waals surface area (Å²) in [5, 5.41) is 10.6. The molecule has 0 aliphatic carbocycles. The zero-order chi connectivity index (χ0) is 71.8. The maximum absolute atomic E-state index is 13.1. The molecule has 0 spiro atoms. The Hall–Kier alpha value is -2.98. The van der Waals surface area contributed by atoms with Crippen molar-refractivity contribution in [2.24, 2.45) is 0 Å². The van der Waals surface area contributed by atoms with E-state index in [0.29, 0.717) is 25.7 Å². The van der Waals surface area contributed by atoms with E-state index < -0.39 is 97.5 Å². The van der Waals surface area contributed by atoms with Crippen molar-refractivity contribution >= 4 is 39.5 Å². The number of aliphatic hydroxyl groups is 1. The number of carbonyl (C=O) groups is 4. The number of ether oxygens (including phenoxy) is 4. The Morgan fingerprint density at radius 2 is 0.500 bits per heavy atom. The molecule has 0 rings (SSSR count). The van der Waals surface area contributed by atoms with Gasteiger partial charge in [0.15, 0.2) is 12.2 Å². The van der Waals surface area contributed by atoms with Crippen LogP contribution in [0, 0.1) is 0 Å². The second kappa shape index (κ2) is 72.4. The summed E-state index contributed by atoms with van der Waals surface area (Å²) in [4.78, 5) is 72.9. The number of phosphoric acid groups is 2. The molecule has 0 saturated carbocycles. The van der Waals surface area contributed by atoms with Gasteiger partial charge in [-0.3, -0.25) is 37.3 Å². The first kappa shape index (κ1) is 95.0. The summed E-state index contributed by atoms with van der Waals surface area (Å²) in [6.07, 6.45) is 69.4. The lowest BCUT2D eigenvalue weighted by molar-refractivity contribution is -0.161. The summed E-state index contributed by atoms with van der Waals surface area (Å²) in [5.41, 5.74) is 0. The molecule has 0 amide bonds. The van der Waals surface area contributed by atoms with Crippen molar-refractivity contribution in [3.63, 3.8) is 0 Å². The molecular weight excluding hydrogens is 1280 g/mol. The van der Waals surface area contributed by atoms with Crippen LogP contribution in [0.5, 0.6) is 0 Å². The number of carbonyl (C=O) groups excluding carboxylic acids is 4. The second-order valence-corrected chi connectivity index (χ2v) is 29.9. The molecule has 574 valence electrons. The lowest BCUT2D eigenvalue weighted by atomic mass is 10.0. The van der Waals surface area contributed by atoms with E-state index in [9.17, 15) is 43.2 Å².